The zero-order valence-electron chi connectivity index (χ0n) is 16.9. The van der Waals surface area contributed by atoms with Gasteiger partial charge >= 0.3 is 0 Å². The summed E-state index contributed by atoms with van der Waals surface area (Å²) in [7, 11) is -3.06. The van der Waals surface area contributed by atoms with Crippen LogP contribution in [0.4, 0.5) is 10.2 Å². The molecule has 2 aromatic heterocycles. The number of rotatable bonds is 7. The van der Waals surface area contributed by atoms with Crippen molar-refractivity contribution in [1.82, 2.24) is 19.9 Å². The molecule has 3 aromatic rings. The molecule has 0 radical (unpaired) electrons. The summed E-state index contributed by atoms with van der Waals surface area (Å²) in [5.74, 6) is 0.874. The third kappa shape index (κ3) is 5.16. The van der Waals surface area contributed by atoms with Crippen LogP contribution in [-0.2, 0) is 21.1 Å². The molecule has 1 atom stereocenters. The molecule has 11 heteroatoms. The fraction of sp³-hybridized carbons (Fsp3) is 0.400. The normalized spacial score (nSPS) is 17.7. The van der Waals surface area contributed by atoms with Gasteiger partial charge in [0.2, 0.25) is 17.6 Å². The molecule has 9 nitrogen and oxygen atoms in total. The number of sulfone groups is 1. The van der Waals surface area contributed by atoms with Gasteiger partial charge in [-0.1, -0.05) is 5.16 Å². The van der Waals surface area contributed by atoms with E-state index < -0.39 is 9.84 Å². The number of carbonyl (C=O) groups excluding carboxylic acids is 1. The number of hydrogen-bond donors (Lipinski definition) is 1. The Morgan fingerprint density at radius 3 is 2.81 bits per heavy atom. The Bertz CT molecular complexity index is 1190. The zero-order valence-corrected chi connectivity index (χ0v) is 17.7. The summed E-state index contributed by atoms with van der Waals surface area (Å²) < 4.78 is 43.4. The molecule has 0 bridgehead atoms. The number of halogens is 1. The van der Waals surface area contributed by atoms with Gasteiger partial charge in [0, 0.05) is 24.5 Å². The second-order valence-corrected chi connectivity index (χ2v) is 9.82. The Morgan fingerprint density at radius 2 is 2.10 bits per heavy atom. The molecule has 4 rings (SSSR count). The molecular weight excluding hydrogens is 425 g/mol. The predicted octanol–water partition coefficient (Wildman–Crippen LogP) is 2.70. The van der Waals surface area contributed by atoms with Crippen LogP contribution in [0.5, 0.6) is 0 Å². The van der Waals surface area contributed by atoms with Gasteiger partial charge in [0.25, 0.3) is 0 Å². The van der Waals surface area contributed by atoms with Crippen LogP contribution in [0.15, 0.2) is 34.9 Å². The van der Waals surface area contributed by atoms with Crippen LogP contribution < -0.4 is 5.32 Å². The first-order valence-electron chi connectivity index (χ1n) is 9.94. The minimum Gasteiger partial charge on any atom is -0.339 e. The first kappa shape index (κ1) is 21.2. The standard InChI is InChI=1S/C20H22FN5O4S/c1-13-11-17(26(24-13)16-9-10-31(28,29)12-16)22-18(27)3-2-4-19-23-20(25-30-19)14-5-7-15(21)8-6-14/h5-8,11,16H,2-4,9-10,12H2,1H3,(H,22,27). The van der Waals surface area contributed by atoms with E-state index in [-0.39, 0.29) is 35.7 Å². The van der Waals surface area contributed by atoms with E-state index in [1.54, 1.807) is 29.8 Å². The minimum atomic E-state index is -3.06. The fourth-order valence-corrected chi connectivity index (χ4v) is 5.23. The number of hydrogen-bond acceptors (Lipinski definition) is 7. The maximum absolute atomic E-state index is 13.0. The second-order valence-electron chi connectivity index (χ2n) is 7.59. The number of aromatic nitrogens is 4. The zero-order chi connectivity index (χ0) is 22.0. The van der Waals surface area contributed by atoms with Gasteiger partial charge in [0.1, 0.15) is 11.6 Å². The van der Waals surface area contributed by atoms with Crippen LogP contribution in [-0.4, -0.2) is 45.8 Å². The van der Waals surface area contributed by atoms with Crippen molar-refractivity contribution < 1.29 is 22.1 Å². The average molecular weight is 447 g/mol. The van der Waals surface area contributed by atoms with Crippen molar-refractivity contribution in [1.29, 1.82) is 0 Å². The molecule has 1 aliphatic rings. The Balaban J connectivity index is 1.31. The lowest BCUT2D eigenvalue weighted by molar-refractivity contribution is -0.116. The summed E-state index contributed by atoms with van der Waals surface area (Å²) in [6.45, 7) is 1.80. The maximum Gasteiger partial charge on any atom is 0.226 e. The summed E-state index contributed by atoms with van der Waals surface area (Å²) in [5, 5.41) is 11.1. The lowest BCUT2D eigenvalue weighted by Crippen LogP contribution is -2.19. The van der Waals surface area contributed by atoms with E-state index in [1.165, 1.54) is 12.1 Å². The number of anilines is 1. The highest BCUT2D eigenvalue weighted by Crippen LogP contribution is 2.27. The molecule has 164 valence electrons. The number of aryl methyl sites for hydroxylation is 2. The van der Waals surface area contributed by atoms with E-state index in [4.69, 9.17) is 4.52 Å². The highest BCUT2D eigenvalue weighted by atomic mass is 32.2. The van der Waals surface area contributed by atoms with E-state index in [0.717, 1.165) is 0 Å². The topological polar surface area (TPSA) is 120 Å². The van der Waals surface area contributed by atoms with Gasteiger partial charge in [0.05, 0.1) is 23.2 Å². The van der Waals surface area contributed by atoms with Crippen molar-refractivity contribution in [2.75, 3.05) is 16.8 Å². The van der Waals surface area contributed by atoms with Crippen molar-refractivity contribution in [3.63, 3.8) is 0 Å². The monoisotopic (exact) mass is 447 g/mol. The number of amides is 1. The van der Waals surface area contributed by atoms with Gasteiger partial charge in [-0.15, -0.1) is 0 Å². The smallest absolute Gasteiger partial charge is 0.226 e. The first-order valence-corrected chi connectivity index (χ1v) is 11.8. The van der Waals surface area contributed by atoms with Gasteiger partial charge in [-0.25, -0.2) is 17.5 Å². The lowest BCUT2D eigenvalue weighted by Gasteiger charge is -2.13. The Labute approximate surface area is 178 Å². The molecule has 1 unspecified atom stereocenters. The quantitative estimate of drug-likeness (QED) is 0.591. The van der Waals surface area contributed by atoms with Crippen molar-refractivity contribution in [3.05, 3.63) is 47.7 Å². The van der Waals surface area contributed by atoms with Crippen LogP contribution in [0.3, 0.4) is 0 Å². The first-order chi connectivity index (χ1) is 14.8. The van der Waals surface area contributed by atoms with Gasteiger partial charge in [-0.05, 0) is 44.0 Å². The third-order valence-corrected chi connectivity index (χ3v) is 6.80. The van der Waals surface area contributed by atoms with E-state index in [0.29, 0.717) is 48.1 Å². The van der Waals surface area contributed by atoms with Crippen LogP contribution in [0.2, 0.25) is 0 Å². The predicted molar refractivity (Wildman–Crippen MR) is 111 cm³/mol. The highest BCUT2D eigenvalue weighted by Gasteiger charge is 2.31. The molecule has 0 aliphatic carbocycles. The Kier molecular flexibility index (Phi) is 5.86. The number of nitrogens with zero attached hydrogens (tertiary/aromatic N) is 4. The summed E-state index contributed by atoms with van der Waals surface area (Å²) in [6.07, 6.45) is 1.61. The molecule has 1 saturated heterocycles. The van der Waals surface area contributed by atoms with E-state index in [9.17, 15) is 17.6 Å². The molecule has 1 aliphatic heterocycles. The molecule has 3 heterocycles. The van der Waals surface area contributed by atoms with E-state index >= 15 is 0 Å². The SMILES string of the molecule is Cc1cc(NC(=O)CCCc2nc(-c3ccc(F)cc3)no2)n(C2CCS(=O)(=O)C2)n1. The maximum atomic E-state index is 13.0. The summed E-state index contributed by atoms with van der Waals surface area (Å²) in [4.78, 5) is 16.7. The van der Waals surface area contributed by atoms with Crippen LogP contribution in [0, 0.1) is 12.7 Å². The molecule has 1 amide bonds. The van der Waals surface area contributed by atoms with E-state index in [2.05, 4.69) is 20.6 Å². The van der Waals surface area contributed by atoms with Crippen molar-refractivity contribution in [2.24, 2.45) is 0 Å². The molecule has 1 N–H and O–H groups in total. The van der Waals surface area contributed by atoms with Crippen molar-refractivity contribution in [3.8, 4) is 11.4 Å². The summed E-state index contributed by atoms with van der Waals surface area (Å²) in [6, 6.07) is 7.25. The molecule has 0 spiro atoms. The molecular formula is C20H22FN5O4S. The fourth-order valence-electron chi connectivity index (χ4n) is 3.53. The minimum absolute atomic E-state index is 0.0323. The number of nitrogens with one attached hydrogen (secondary N) is 1. The second kappa shape index (κ2) is 8.58. The third-order valence-electron chi connectivity index (χ3n) is 5.04. The van der Waals surface area contributed by atoms with Gasteiger partial charge < -0.3 is 9.84 Å². The lowest BCUT2D eigenvalue weighted by atomic mass is 10.2. The largest absolute Gasteiger partial charge is 0.339 e. The Hall–Kier alpha value is -3.08. The van der Waals surface area contributed by atoms with Crippen molar-refractivity contribution in [2.45, 2.75) is 38.6 Å². The molecule has 1 aromatic carbocycles. The molecule has 31 heavy (non-hydrogen) atoms. The summed E-state index contributed by atoms with van der Waals surface area (Å²) >= 11 is 0. The van der Waals surface area contributed by atoms with Crippen LogP contribution >= 0.6 is 0 Å². The Morgan fingerprint density at radius 1 is 1.32 bits per heavy atom. The molecule has 0 saturated carbocycles. The van der Waals surface area contributed by atoms with Crippen LogP contribution in [0.25, 0.3) is 11.4 Å². The van der Waals surface area contributed by atoms with E-state index in [1.807, 2.05) is 0 Å². The summed E-state index contributed by atoms with van der Waals surface area (Å²) in [5.41, 5.74) is 1.35. The van der Waals surface area contributed by atoms with Gasteiger partial charge in [-0.2, -0.15) is 10.1 Å². The highest BCUT2D eigenvalue weighted by molar-refractivity contribution is 7.91. The molecule has 1 fully saturated rings. The van der Waals surface area contributed by atoms with Gasteiger partial charge in [0.15, 0.2) is 9.84 Å². The number of benzene rings is 1. The average Bonchev–Trinajstić information content (AvgIpc) is 3.41. The number of carbonyl (C=O) groups is 1. The van der Waals surface area contributed by atoms with Gasteiger partial charge in [-0.3, -0.25) is 4.79 Å². The van der Waals surface area contributed by atoms with Crippen molar-refractivity contribution >= 4 is 21.6 Å². The van der Waals surface area contributed by atoms with Crippen LogP contribution in [0.1, 0.15) is 36.9 Å².